The van der Waals surface area contributed by atoms with Crippen LogP contribution in [0.2, 0.25) is 0 Å². The summed E-state index contributed by atoms with van der Waals surface area (Å²) in [7, 11) is 0. The molecule has 1 aromatic carbocycles. The third-order valence-corrected chi connectivity index (χ3v) is 2.12. The number of rotatable bonds is 4. The summed E-state index contributed by atoms with van der Waals surface area (Å²) in [5.41, 5.74) is 3.55. The van der Waals surface area contributed by atoms with E-state index >= 15 is 0 Å². The van der Waals surface area contributed by atoms with E-state index in [9.17, 15) is 14.9 Å². The van der Waals surface area contributed by atoms with Crippen LogP contribution in [0.5, 0.6) is 0 Å². The number of amides is 1. The SMILES string of the molecule is CCc1ccc(/C=N\NC(C)=O)cc1[N+](=O)[O-]. The van der Waals surface area contributed by atoms with Crippen LogP contribution in [0, 0.1) is 10.1 Å². The van der Waals surface area contributed by atoms with Crippen LogP contribution >= 0.6 is 0 Å². The van der Waals surface area contributed by atoms with E-state index < -0.39 is 4.92 Å². The van der Waals surface area contributed by atoms with Gasteiger partial charge in [-0.3, -0.25) is 14.9 Å². The van der Waals surface area contributed by atoms with E-state index in [2.05, 4.69) is 10.5 Å². The molecule has 0 bridgehead atoms. The number of benzene rings is 1. The molecule has 17 heavy (non-hydrogen) atoms. The number of nitro groups is 1. The van der Waals surface area contributed by atoms with Crippen molar-refractivity contribution in [2.75, 3.05) is 0 Å². The third-order valence-electron chi connectivity index (χ3n) is 2.12. The largest absolute Gasteiger partial charge is 0.274 e. The molecule has 0 spiro atoms. The lowest BCUT2D eigenvalue weighted by atomic mass is 10.1. The van der Waals surface area contributed by atoms with E-state index in [1.165, 1.54) is 19.2 Å². The van der Waals surface area contributed by atoms with Gasteiger partial charge in [0.05, 0.1) is 11.1 Å². The highest BCUT2D eigenvalue weighted by Crippen LogP contribution is 2.19. The number of hydrazone groups is 1. The highest BCUT2D eigenvalue weighted by molar-refractivity contribution is 5.82. The van der Waals surface area contributed by atoms with Gasteiger partial charge in [-0.2, -0.15) is 5.10 Å². The number of hydrogen-bond donors (Lipinski definition) is 1. The molecule has 0 saturated carbocycles. The fourth-order valence-corrected chi connectivity index (χ4v) is 1.33. The minimum Gasteiger partial charge on any atom is -0.274 e. The summed E-state index contributed by atoms with van der Waals surface area (Å²) in [5.74, 6) is -0.291. The minimum atomic E-state index is -0.422. The highest BCUT2D eigenvalue weighted by atomic mass is 16.6. The predicted molar refractivity (Wildman–Crippen MR) is 63.9 cm³/mol. The van der Waals surface area contributed by atoms with E-state index in [0.29, 0.717) is 17.5 Å². The molecule has 0 atom stereocenters. The number of aryl methyl sites for hydroxylation is 1. The Morgan fingerprint density at radius 3 is 2.82 bits per heavy atom. The zero-order chi connectivity index (χ0) is 12.8. The maximum absolute atomic E-state index is 10.8. The lowest BCUT2D eigenvalue weighted by molar-refractivity contribution is -0.385. The van der Waals surface area contributed by atoms with E-state index in [4.69, 9.17) is 0 Å². The van der Waals surface area contributed by atoms with Crippen LogP contribution in [-0.2, 0) is 11.2 Å². The molecule has 0 unspecified atom stereocenters. The average Bonchev–Trinajstić information content (AvgIpc) is 2.28. The Kier molecular flexibility index (Phi) is 4.33. The molecule has 0 radical (unpaired) electrons. The molecular weight excluding hydrogens is 222 g/mol. The van der Waals surface area contributed by atoms with Crippen molar-refractivity contribution in [1.29, 1.82) is 0 Å². The molecule has 6 heteroatoms. The Bertz CT molecular complexity index is 469. The molecule has 90 valence electrons. The summed E-state index contributed by atoms with van der Waals surface area (Å²) in [6.45, 7) is 3.19. The first kappa shape index (κ1) is 12.8. The Balaban J connectivity index is 2.96. The van der Waals surface area contributed by atoms with Crippen molar-refractivity contribution >= 4 is 17.8 Å². The fourth-order valence-electron chi connectivity index (χ4n) is 1.33. The lowest BCUT2D eigenvalue weighted by Gasteiger charge is -2.00. The maximum Gasteiger partial charge on any atom is 0.273 e. The number of carbonyl (C=O) groups excluding carboxylic acids is 1. The molecule has 1 amide bonds. The van der Waals surface area contributed by atoms with Gasteiger partial charge in [-0.15, -0.1) is 0 Å². The van der Waals surface area contributed by atoms with Gasteiger partial charge < -0.3 is 0 Å². The standard InChI is InChI=1S/C11H13N3O3/c1-3-10-5-4-9(6-11(10)14(16)17)7-12-13-8(2)15/h4-7H,3H2,1-2H3,(H,13,15)/b12-7-. The summed E-state index contributed by atoms with van der Waals surface area (Å²) in [6, 6.07) is 4.84. The highest BCUT2D eigenvalue weighted by Gasteiger charge is 2.12. The van der Waals surface area contributed by atoms with Gasteiger partial charge in [0.15, 0.2) is 0 Å². The Morgan fingerprint density at radius 2 is 2.29 bits per heavy atom. The summed E-state index contributed by atoms with van der Waals surface area (Å²) in [4.78, 5) is 21.0. The van der Waals surface area contributed by atoms with Gasteiger partial charge >= 0.3 is 0 Å². The predicted octanol–water partition coefficient (Wildman–Crippen LogP) is 1.63. The number of carbonyl (C=O) groups is 1. The van der Waals surface area contributed by atoms with Crippen molar-refractivity contribution in [2.24, 2.45) is 5.10 Å². The van der Waals surface area contributed by atoms with Gasteiger partial charge in [0.2, 0.25) is 5.91 Å². The van der Waals surface area contributed by atoms with Crippen molar-refractivity contribution in [3.63, 3.8) is 0 Å². The van der Waals surface area contributed by atoms with Gasteiger partial charge in [0.25, 0.3) is 5.69 Å². The second-order valence-corrected chi connectivity index (χ2v) is 3.43. The van der Waals surface area contributed by atoms with E-state index in [0.717, 1.165) is 0 Å². The Morgan fingerprint density at radius 1 is 1.59 bits per heavy atom. The first-order chi connectivity index (χ1) is 8.04. The van der Waals surface area contributed by atoms with Crippen molar-refractivity contribution < 1.29 is 9.72 Å². The molecule has 0 fully saturated rings. The first-order valence-corrected chi connectivity index (χ1v) is 5.11. The topological polar surface area (TPSA) is 84.6 Å². The van der Waals surface area contributed by atoms with E-state index in [1.54, 1.807) is 12.1 Å². The van der Waals surface area contributed by atoms with Crippen LogP contribution < -0.4 is 5.43 Å². The molecule has 6 nitrogen and oxygen atoms in total. The summed E-state index contributed by atoms with van der Waals surface area (Å²) in [5, 5.41) is 14.5. The van der Waals surface area contributed by atoms with Crippen LogP contribution in [-0.4, -0.2) is 17.0 Å². The summed E-state index contributed by atoms with van der Waals surface area (Å²) in [6.07, 6.45) is 1.97. The number of nitro benzene ring substituents is 1. The monoisotopic (exact) mass is 235 g/mol. The normalized spacial score (nSPS) is 10.5. The quantitative estimate of drug-likeness (QED) is 0.489. The van der Waals surface area contributed by atoms with Crippen molar-refractivity contribution in [3.8, 4) is 0 Å². The molecule has 1 rings (SSSR count). The van der Waals surface area contributed by atoms with Crippen LogP contribution in [0.15, 0.2) is 23.3 Å². The minimum absolute atomic E-state index is 0.0688. The van der Waals surface area contributed by atoms with Crippen LogP contribution in [0.25, 0.3) is 0 Å². The van der Waals surface area contributed by atoms with Crippen molar-refractivity contribution in [2.45, 2.75) is 20.3 Å². The van der Waals surface area contributed by atoms with Gasteiger partial charge in [-0.25, -0.2) is 5.43 Å². The van der Waals surface area contributed by atoms with Crippen LogP contribution in [0.1, 0.15) is 25.0 Å². The van der Waals surface area contributed by atoms with Crippen molar-refractivity contribution in [3.05, 3.63) is 39.4 Å². The zero-order valence-electron chi connectivity index (χ0n) is 9.64. The van der Waals surface area contributed by atoms with Gasteiger partial charge in [0.1, 0.15) is 0 Å². The molecule has 1 N–H and O–H groups in total. The van der Waals surface area contributed by atoms with E-state index in [-0.39, 0.29) is 11.6 Å². The molecule has 0 aliphatic carbocycles. The van der Waals surface area contributed by atoms with Gasteiger partial charge in [0, 0.05) is 24.1 Å². The maximum atomic E-state index is 10.8. The number of nitrogens with zero attached hydrogens (tertiary/aromatic N) is 2. The fraction of sp³-hybridized carbons (Fsp3) is 0.273. The van der Waals surface area contributed by atoms with Crippen molar-refractivity contribution in [1.82, 2.24) is 5.43 Å². The molecule has 0 heterocycles. The second-order valence-electron chi connectivity index (χ2n) is 3.43. The number of hydrogen-bond acceptors (Lipinski definition) is 4. The first-order valence-electron chi connectivity index (χ1n) is 5.11. The van der Waals surface area contributed by atoms with Crippen LogP contribution in [0.4, 0.5) is 5.69 Å². The third kappa shape index (κ3) is 3.67. The zero-order valence-corrected chi connectivity index (χ0v) is 9.64. The van der Waals surface area contributed by atoms with Gasteiger partial charge in [-0.05, 0) is 6.42 Å². The lowest BCUT2D eigenvalue weighted by Crippen LogP contribution is -2.12. The smallest absolute Gasteiger partial charge is 0.273 e. The number of nitrogens with one attached hydrogen (secondary N) is 1. The Hall–Kier alpha value is -2.24. The molecule has 0 saturated heterocycles. The summed E-state index contributed by atoms with van der Waals surface area (Å²) < 4.78 is 0. The summed E-state index contributed by atoms with van der Waals surface area (Å²) >= 11 is 0. The Labute approximate surface area is 98.5 Å². The molecule has 1 aromatic rings. The van der Waals surface area contributed by atoms with E-state index in [1.807, 2.05) is 6.92 Å². The second kappa shape index (κ2) is 5.74. The van der Waals surface area contributed by atoms with Gasteiger partial charge in [-0.1, -0.05) is 19.1 Å². The molecular formula is C11H13N3O3. The molecule has 0 aliphatic rings. The van der Waals surface area contributed by atoms with Crippen LogP contribution in [0.3, 0.4) is 0 Å². The molecule has 0 aliphatic heterocycles. The molecule has 0 aromatic heterocycles. The average molecular weight is 235 g/mol.